The molecule has 1 heterocycles. The lowest BCUT2D eigenvalue weighted by atomic mass is 10.0. The van der Waals surface area contributed by atoms with Gasteiger partial charge in [-0.3, -0.25) is 9.59 Å². The topological polar surface area (TPSA) is 80.8 Å². The highest BCUT2D eigenvalue weighted by molar-refractivity contribution is 7.90. The van der Waals surface area contributed by atoms with Crippen molar-refractivity contribution < 1.29 is 22.7 Å². The van der Waals surface area contributed by atoms with Gasteiger partial charge in [0.2, 0.25) is 0 Å². The van der Waals surface area contributed by atoms with Gasteiger partial charge in [0.25, 0.3) is 15.9 Å². The standard InChI is InChI=1S/C24H19NO5S/c1-16-12-14-19(15-13-16)31(28,29)25-22(20-10-6-7-11-21(20)24(25)27)23(30-17(2)26)18-8-4-3-5-9-18/h3-15H,1-2H3/b23-22-. The Morgan fingerprint density at radius 1 is 0.839 bits per heavy atom. The lowest BCUT2D eigenvalue weighted by molar-refractivity contribution is -0.134. The molecule has 1 amide bonds. The summed E-state index contributed by atoms with van der Waals surface area (Å²) in [6.07, 6.45) is 0. The van der Waals surface area contributed by atoms with Crippen LogP contribution in [0.4, 0.5) is 0 Å². The van der Waals surface area contributed by atoms with Gasteiger partial charge in [-0.2, -0.15) is 4.31 Å². The highest BCUT2D eigenvalue weighted by Gasteiger charge is 2.43. The second-order valence-electron chi connectivity index (χ2n) is 7.07. The van der Waals surface area contributed by atoms with E-state index < -0.39 is 21.9 Å². The molecule has 6 nitrogen and oxygen atoms in total. The summed E-state index contributed by atoms with van der Waals surface area (Å²) in [5.74, 6) is -1.33. The van der Waals surface area contributed by atoms with Crippen LogP contribution >= 0.6 is 0 Å². The molecule has 1 aliphatic rings. The van der Waals surface area contributed by atoms with Crippen LogP contribution < -0.4 is 0 Å². The molecular formula is C24H19NO5S. The minimum Gasteiger partial charge on any atom is -0.424 e. The minimum atomic E-state index is -4.28. The van der Waals surface area contributed by atoms with Gasteiger partial charge in [-0.25, -0.2) is 8.42 Å². The van der Waals surface area contributed by atoms with E-state index >= 15 is 0 Å². The van der Waals surface area contributed by atoms with Crippen LogP contribution in [0.25, 0.3) is 11.5 Å². The predicted molar refractivity (Wildman–Crippen MR) is 116 cm³/mol. The average molecular weight is 433 g/mol. The van der Waals surface area contributed by atoms with Crippen LogP contribution in [0.5, 0.6) is 0 Å². The second kappa shape index (κ2) is 7.85. The van der Waals surface area contributed by atoms with Crippen molar-refractivity contribution in [3.05, 3.63) is 101 Å². The van der Waals surface area contributed by atoms with E-state index in [0.29, 0.717) is 11.1 Å². The fraction of sp³-hybridized carbons (Fsp3) is 0.0833. The van der Waals surface area contributed by atoms with E-state index in [9.17, 15) is 18.0 Å². The zero-order chi connectivity index (χ0) is 22.2. The van der Waals surface area contributed by atoms with Crippen LogP contribution in [0.15, 0.2) is 83.8 Å². The van der Waals surface area contributed by atoms with Crippen LogP contribution in [0.1, 0.15) is 34.0 Å². The molecule has 1 aliphatic heterocycles. The summed E-state index contributed by atoms with van der Waals surface area (Å²) in [6.45, 7) is 3.07. The van der Waals surface area contributed by atoms with Crippen molar-refractivity contribution in [1.82, 2.24) is 4.31 Å². The first-order chi connectivity index (χ1) is 14.8. The number of ether oxygens (including phenoxy) is 1. The number of hydrogen-bond acceptors (Lipinski definition) is 5. The summed E-state index contributed by atoms with van der Waals surface area (Å²) in [5, 5.41) is 0. The molecule has 0 N–H and O–H groups in total. The maximum atomic E-state index is 13.6. The Morgan fingerprint density at radius 3 is 2.03 bits per heavy atom. The van der Waals surface area contributed by atoms with Gasteiger partial charge >= 0.3 is 5.97 Å². The molecular weight excluding hydrogens is 414 g/mol. The van der Waals surface area contributed by atoms with Crippen LogP contribution in [0.3, 0.4) is 0 Å². The number of sulfonamides is 1. The number of rotatable bonds is 4. The zero-order valence-electron chi connectivity index (χ0n) is 16.9. The quantitative estimate of drug-likeness (QED) is 0.454. The molecule has 0 fully saturated rings. The number of aryl methyl sites for hydroxylation is 1. The fourth-order valence-electron chi connectivity index (χ4n) is 3.43. The minimum absolute atomic E-state index is 0.00193. The van der Waals surface area contributed by atoms with Crippen LogP contribution in [-0.2, 0) is 19.6 Å². The third-order valence-corrected chi connectivity index (χ3v) is 6.55. The van der Waals surface area contributed by atoms with Crippen molar-refractivity contribution in [2.75, 3.05) is 0 Å². The lowest BCUT2D eigenvalue weighted by Crippen LogP contribution is -2.31. The smallest absolute Gasteiger partial charge is 0.308 e. The largest absolute Gasteiger partial charge is 0.424 e. The monoisotopic (exact) mass is 433 g/mol. The number of hydrogen-bond donors (Lipinski definition) is 0. The molecule has 156 valence electrons. The predicted octanol–water partition coefficient (Wildman–Crippen LogP) is 4.23. The summed E-state index contributed by atoms with van der Waals surface area (Å²) in [4.78, 5) is 25.2. The number of esters is 1. The van der Waals surface area contributed by atoms with Crippen molar-refractivity contribution in [3.8, 4) is 0 Å². The van der Waals surface area contributed by atoms with Crippen molar-refractivity contribution >= 4 is 33.4 Å². The summed E-state index contributed by atoms with van der Waals surface area (Å²) in [6, 6.07) is 21.4. The van der Waals surface area contributed by atoms with Crippen molar-refractivity contribution in [3.63, 3.8) is 0 Å². The Bertz CT molecular complexity index is 1310. The summed E-state index contributed by atoms with van der Waals surface area (Å²) >= 11 is 0. The maximum Gasteiger partial charge on any atom is 0.308 e. The molecule has 3 aromatic carbocycles. The molecule has 4 rings (SSSR count). The molecule has 0 unspecified atom stereocenters. The average Bonchev–Trinajstić information content (AvgIpc) is 3.06. The van der Waals surface area contributed by atoms with Gasteiger partial charge in [0, 0.05) is 18.1 Å². The first-order valence-corrected chi connectivity index (χ1v) is 11.0. The van der Waals surface area contributed by atoms with Gasteiger partial charge in [-0.1, -0.05) is 66.2 Å². The molecule has 0 radical (unpaired) electrons. The number of amides is 1. The van der Waals surface area contributed by atoms with Crippen molar-refractivity contribution in [2.45, 2.75) is 18.7 Å². The van der Waals surface area contributed by atoms with E-state index in [1.807, 2.05) is 6.92 Å². The number of benzene rings is 3. The third-order valence-electron chi connectivity index (χ3n) is 4.86. The van der Waals surface area contributed by atoms with Gasteiger partial charge in [-0.15, -0.1) is 0 Å². The second-order valence-corrected chi connectivity index (χ2v) is 8.86. The molecule has 0 bridgehead atoms. The molecule has 0 aromatic heterocycles. The first-order valence-electron chi connectivity index (χ1n) is 9.54. The van der Waals surface area contributed by atoms with Crippen molar-refractivity contribution in [2.24, 2.45) is 0 Å². The van der Waals surface area contributed by atoms with Gasteiger partial charge in [0.05, 0.1) is 10.5 Å². The van der Waals surface area contributed by atoms with E-state index in [4.69, 9.17) is 4.74 Å². The summed E-state index contributed by atoms with van der Waals surface area (Å²) < 4.78 is 33.4. The molecule has 0 atom stereocenters. The normalized spacial score (nSPS) is 14.9. The molecule has 31 heavy (non-hydrogen) atoms. The first kappa shape index (κ1) is 20.6. The van der Waals surface area contributed by atoms with E-state index in [-0.39, 0.29) is 21.9 Å². The van der Waals surface area contributed by atoms with Crippen molar-refractivity contribution in [1.29, 1.82) is 0 Å². The van der Waals surface area contributed by atoms with E-state index in [1.54, 1.807) is 66.7 Å². The van der Waals surface area contributed by atoms with E-state index in [0.717, 1.165) is 9.87 Å². The van der Waals surface area contributed by atoms with Gasteiger partial charge in [0.15, 0.2) is 5.76 Å². The molecule has 0 spiro atoms. The Hall–Kier alpha value is -3.71. The van der Waals surface area contributed by atoms with E-state index in [2.05, 4.69) is 0 Å². The summed E-state index contributed by atoms with van der Waals surface area (Å²) in [7, 11) is -4.28. The van der Waals surface area contributed by atoms with Crippen LogP contribution in [0, 0.1) is 6.92 Å². The Morgan fingerprint density at radius 2 is 1.42 bits per heavy atom. The Kier molecular flexibility index (Phi) is 5.20. The number of nitrogens with zero attached hydrogens (tertiary/aromatic N) is 1. The zero-order valence-corrected chi connectivity index (χ0v) is 17.7. The fourth-order valence-corrected chi connectivity index (χ4v) is 4.86. The Labute approximate surface area is 180 Å². The number of fused-ring (bicyclic) bond motifs is 1. The summed E-state index contributed by atoms with van der Waals surface area (Å²) in [5.41, 5.74) is 1.97. The highest BCUT2D eigenvalue weighted by Crippen LogP contribution is 2.42. The number of carbonyl (C=O) groups excluding carboxylic acids is 2. The highest BCUT2D eigenvalue weighted by atomic mass is 32.2. The molecule has 0 saturated carbocycles. The lowest BCUT2D eigenvalue weighted by Gasteiger charge is -2.21. The van der Waals surface area contributed by atoms with Gasteiger partial charge < -0.3 is 4.74 Å². The molecule has 7 heteroatoms. The van der Waals surface area contributed by atoms with Crippen LogP contribution in [-0.4, -0.2) is 24.6 Å². The maximum absolute atomic E-state index is 13.6. The molecule has 0 saturated heterocycles. The van der Waals surface area contributed by atoms with Crippen LogP contribution in [0.2, 0.25) is 0 Å². The van der Waals surface area contributed by atoms with E-state index in [1.165, 1.54) is 19.1 Å². The van der Waals surface area contributed by atoms with Gasteiger partial charge in [0.1, 0.15) is 5.70 Å². The Balaban J connectivity index is 2.04. The third kappa shape index (κ3) is 3.64. The SMILES string of the molecule is CC(=O)O/C(=C1/c2ccccc2C(=O)N1S(=O)(=O)c1ccc(C)cc1)c1ccccc1. The number of carbonyl (C=O) groups is 2. The van der Waals surface area contributed by atoms with Gasteiger partial charge in [-0.05, 0) is 25.1 Å². The molecule has 0 aliphatic carbocycles. The molecule has 3 aromatic rings.